The average Bonchev–Trinajstić information content (AvgIpc) is 2.46. The van der Waals surface area contributed by atoms with Crippen molar-refractivity contribution in [1.82, 2.24) is 9.71 Å². The Morgan fingerprint density at radius 2 is 2.00 bits per heavy atom. The van der Waals surface area contributed by atoms with E-state index in [4.69, 9.17) is 28.5 Å². The Kier molecular flexibility index (Phi) is 4.80. The summed E-state index contributed by atoms with van der Waals surface area (Å²) in [6.45, 7) is 0.00975. The van der Waals surface area contributed by atoms with Crippen molar-refractivity contribution in [3.63, 3.8) is 0 Å². The number of benzene rings is 1. The first kappa shape index (κ1) is 15.7. The molecule has 1 heterocycles. The van der Waals surface area contributed by atoms with Crippen molar-refractivity contribution in [3.05, 3.63) is 57.8 Å². The average molecular weight is 342 g/mol. The minimum atomic E-state index is -3.79. The Labute approximate surface area is 132 Å². The van der Waals surface area contributed by atoms with Gasteiger partial charge < -0.3 is 0 Å². The molecule has 1 aromatic carbocycles. The second kappa shape index (κ2) is 6.41. The minimum absolute atomic E-state index is 0.00869. The number of nitrogens with one attached hydrogen (secondary N) is 1. The smallest absolute Gasteiger partial charge is 0.242 e. The first-order chi connectivity index (χ1) is 9.92. The van der Waals surface area contributed by atoms with Gasteiger partial charge in [-0.3, -0.25) is 4.98 Å². The molecule has 8 heteroatoms. The molecule has 2 aromatic rings. The number of hydrogen-bond donors (Lipinski definition) is 1. The maximum atomic E-state index is 12.2. The molecular weight excluding hydrogens is 333 g/mol. The lowest BCUT2D eigenvalue weighted by molar-refractivity contribution is 0.580. The molecule has 1 N–H and O–H groups in total. The fraction of sp³-hybridized carbons (Fsp3) is 0.0769. The lowest BCUT2D eigenvalue weighted by Crippen LogP contribution is -2.24. The molecule has 0 aliphatic carbocycles. The summed E-state index contributed by atoms with van der Waals surface area (Å²) in [5.74, 6) is 0. The van der Waals surface area contributed by atoms with Gasteiger partial charge in [0.1, 0.15) is 4.90 Å². The summed E-state index contributed by atoms with van der Waals surface area (Å²) in [5.41, 5.74) is 0.811. The zero-order valence-electron chi connectivity index (χ0n) is 10.5. The van der Waals surface area contributed by atoms with Crippen LogP contribution in [0.2, 0.25) is 10.0 Å². The third-order valence-electron chi connectivity index (χ3n) is 2.58. The Bertz CT molecular complexity index is 799. The van der Waals surface area contributed by atoms with Gasteiger partial charge in [0.15, 0.2) is 0 Å². The van der Waals surface area contributed by atoms with Crippen molar-refractivity contribution < 1.29 is 8.42 Å². The van der Waals surface area contributed by atoms with E-state index in [1.54, 1.807) is 12.1 Å². The number of sulfonamides is 1. The van der Waals surface area contributed by atoms with E-state index in [-0.39, 0.29) is 16.5 Å². The number of hydrogen-bond acceptors (Lipinski definition) is 4. The molecule has 1 aromatic heterocycles. The molecule has 108 valence electrons. The third-order valence-corrected chi connectivity index (χ3v) is 4.69. The molecule has 0 spiro atoms. The zero-order valence-corrected chi connectivity index (χ0v) is 12.9. The first-order valence-corrected chi connectivity index (χ1v) is 7.96. The molecule has 0 saturated carbocycles. The molecule has 0 bridgehead atoms. The number of nitrogens with zero attached hydrogens (tertiary/aromatic N) is 2. The highest BCUT2D eigenvalue weighted by Crippen LogP contribution is 2.22. The molecular formula is C13H9Cl2N3O2S. The van der Waals surface area contributed by atoms with Crippen LogP contribution in [0.1, 0.15) is 11.3 Å². The fourth-order valence-corrected chi connectivity index (χ4v) is 3.20. The van der Waals surface area contributed by atoms with Gasteiger partial charge in [-0.1, -0.05) is 23.2 Å². The summed E-state index contributed by atoms with van der Waals surface area (Å²) in [7, 11) is -3.79. The second-order valence-electron chi connectivity index (χ2n) is 4.05. The summed E-state index contributed by atoms with van der Waals surface area (Å²) in [5, 5.41) is 9.20. The van der Waals surface area contributed by atoms with E-state index >= 15 is 0 Å². The minimum Gasteiger partial charge on any atom is -0.258 e. The van der Waals surface area contributed by atoms with Crippen LogP contribution in [-0.4, -0.2) is 13.4 Å². The third kappa shape index (κ3) is 3.93. The highest BCUT2D eigenvalue weighted by molar-refractivity contribution is 7.89. The quantitative estimate of drug-likeness (QED) is 0.926. The van der Waals surface area contributed by atoms with Crippen LogP contribution in [0.5, 0.6) is 0 Å². The zero-order chi connectivity index (χ0) is 15.5. The number of aromatic nitrogens is 1. The van der Waals surface area contributed by atoms with Crippen LogP contribution >= 0.6 is 23.2 Å². The van der Waals surface area contributed by atoms with Crippen molar-refractivity contribution in [2.24, 2.45) is 0 Å². The largest absolute Gasteiger partial charge is 0.258 e. The normalized spacial score (nSPS) is 11.1. The predicted octanol–water partition coefficient (Wildman–Crippen LogP) is 2.74. The first-order valence-electron chi connectivity index (χ1n) is 5.72. The number of halogens is 2. The van der Waals surface area contributed by atoms with Crippen LogP contribution in [-0.2, 0) is 16.6 Å². The molecule has 0 aliphatic heterocycles. The molecule has 5 nitrogen and oxygen atoms in total. The molecule has 0 atom stereocenters. The SMILES string of the molecule is N#Cc1ccc(S(=O)(=O)NCc2ccc(Cl)cn2)c(Cl)c1. The Morgan fingerprint density at radius 1 is 1.24 bits per heavy atom. The molecule has 2 rings (SSSR count). The predicted molar refractivity (Wildman–Crippen MR) is 79.4 cm³/mol. The van der Waals surface area contributed by atoms with Crippen LogP contribution in [0, 0.1) is 11.3 Å². The van der Waals surface area contributed by atoms with Crippen molar-refractivity contribution in [2.75, 3.05) is 0 Å². The fourth-order valence-electron chi connectivity index (χ4n) is 1.55. The van der Waals surface area contributed by atoms with Crippen molar-refractivity contribution in [2.45, 2.75) is 11.4 Å². The van der Waals surface area contributed by atoms with Crippen LogP contribution in [0.3, 0.4) is 0 Å². The van der Waals surface area contributed by atoms with Crippen LogP contribution in [0.4, 0.5) is 0 Å². The molecule has 0 amide bonds. The Morgan fingerprint density at radius 3 is 2.57 bits per heavy atom. The van der Waals surface area contributed by atoms with Crippen molar-refractivity contribution in [1.29, 1.82) is 5.26 Å². The Hall–Kier alpha value is -1.65. The van der Waals surface area contributed by atoms with Gasteiger partial charge in [0.2, 0.25) is 10.0 Å². The summed E-state index contributed by atoms with van der Waals surface area (Å²) < 4.78 is 26.7. The standard InChI is InChI=1S/C13H9Cl2N3O2S/c14-10-2-3-11(17-7-10)8-18-21(19,20)13-4-1-9(6-16)5-12(13)15/h1-5,7,18H,8H2. The monoisotopic (exact) mass is 341 g/mol. The van der Waals surface area contributed by atoms with Crippen LogP contribution in [0.15, 0.2) is 41.4 Å². The molecule has 0 aliphatic rings. The van der Waals surface area contributed by atoms with E-state index in [2.05, 4.69) is 9.71 Å². The van der Waals surface area contributed by atoms with Gasteiger partial charge in [0.05, 0.1) is 33.9 Å². The van der Waals surface area contributed by atoms with Gasteiger partial charge in [-0.15, -0.1) is 0 Å². The highest BCUT2D eigenvalue weighted by atomic mass is 35.5. The maximum absolute atomic E-state index is 12.2. The van der Waals surface area contributed by atoms with Crippen molar-refractivity contribution >= 4 is 33.2 Å². The number of pyridine rings is 1. The van der Waals surface area contributed by atoms with Crippen LogP contribution < -0.4 is 4.72 Å². The molecule has 0 radical (unpaired) electrons. The topological polar surface area (TPSA) is 82.8 Å². The van der Waals surface area contributed by atoms with E-state index in [0.717, 1.165) is 0 Å². The summed E-state index contributed by atoms with van der Waals surface area (Å²) in [4.78, 5) is 3.90. The van der Waals surface area contributed by atoms with Gasteiger partial charge >= 0.3 is 0 Å². The van der Waals surface area contributed by atoms with E-state index in [9.17, 15) is 8.42 Å². The van der Waals surface area contributed by atoms with E-state index in [1.165, 1.54) is 24.4 Å². The molecule has 0 fully saturated rings. The molecule has 21 heavy (non-hydrogen) atoms. The van der Waals surface area contributed by atoms with Gasteiger partial charge in [-0.25, -0.2) is 13.1 Å². The number of rotatable bonds is 4. The van der Waals surface area contributed by atoms with Gasteiger partial charge in [0.25, 0.3) is 0 Å². The second-order valence-corrected chi connectivity index (χ2v) is 6.63. The van der Waals surface area contributed by atoms with E-state index < -0.39 is 10.0 Å². The summed E-state index contributed by atoms with van der Waals surface area (Å²) >= 11 is 11.6. The lowest BCUT2D eigenvalue weighted by atomic mass is 10.2. The van der Waals surface area contributed by atoms with Crippen LogP contribution in [0.25, 0.3) is 0 Å². The van der Waals surface area contributed by atoms with E-state index in [1.807, 2.05) is 6.07 Å². The molecule has 0 unspecified atom stereocenters. The van der Waals surface area contributed by atoms with Crippen molar-refractivity contribution in [3.8, 4) is 6.07 Å². The summed E-state index contributed by atoms with van der Waals surface area (Å²) in [6.07, 6.45) is 1.43. The summed E-state index contributed by atoms with van der Waals surface area (Å²) in [6, 6.07) is 9.10. The van der Waals surface area contributed by atoms with Gasteiger partial charge in [-0.2, -0.15) is 5.26 Å². The number of nitriles is 1. The van der Waals surface area contributed by atoms with E-state index in [0.29, 0.717) is 16.3 Å². The Balaban J connectivity index is 2.19. The lowest BCUT2D eigenvalue weighted by Gasteiger charge is -2.08. The maximum Gasteiger partial charge on any atom is 0.242 e. The van der Waals surface area contributed by atoms with Gasteiger partial charge in [-0.05, 0) is 30.3 Å². The molecule has 0 saturated heterocycles. The van der Waals surface area contributed by atoms with Gasteiger partial charge in [0, 0.05) is 6.20 Å². The highest BCUT2D eigenvalue weighted by Gasteiger charge is 2.18.